The highest BCUT2D eigenvalue weighted by Crippen LogP contribution is 2.24. The van der Waals surface area contributed by atoms with E-state index in [-0.39, 0.29) is 24.0 Å². The van der Waals surface area contributed by atoms with E-state index in [4.69, 9.17) is 0 Å². The van der Waals surface area contributed by atoms with Crippen LogP contribution in [0.4, 0.5) is 5.69 Å². The van der Waals surface area contributed by atoms with Crippen molar-refractivity contribution in [1.82, 2.24) is 9.47 Å². The van der Waals surface area contributed by atoms with Crippen LogP contribution in [0.3, 0.4) is 0 Å². The maximum absolute atomic E-state index is 10.0. The van der Waals surface area contributed by atoms with Crippen molar-refractivity contribution < 1.29 is 5.11 Å². The van der Waals surface area contributed by atoms with Gasteiger partial charge in [0.05, 0.1) is 11.0 Å². The largest absolute Gasteiger partial charge is 0.508 e. The van der Waals surface area contributed by atoms with Crippen LogP contribution in [0.1, 0.15) is 25.1 Å². The van der Waals surface area contributed by atoms with E-state index in [0.29, 0.717) is 5.75 Å². The molecule has 0 amide bonds. The Morgan fingerprint density at radius 3 is 2.43 bits per heavy atom. The topological polar surface area (TPSA) is 40.8 Å². The summed E-state index contributed by atoms with van der Waals surface area (Å²) >= 11 is 0. The van der Waals surface area contributed by atoms with Crippen LogP contribution in [0, 0.1) is 6.92 Å². The summed E-state index contributed by atoms with van der Waals surface area (Å²) in [6.07, 6.45) is 2.01. The van der Waals surface area contributed by atoms with Crippen molar-refractivity contribution in [2.45, 2.75) is 27.3 Å². The molecule has 5 heteroatoms. The summed E-state index contributed by atoms with van der Waals surface area (Å²) in [5, 5.41) is 11.0. The average Bonchev–Trinajstić information content (AvgIpc) is 2.51. The number of nitrogens with zero attached hydrogens (tertiary/aromatic N) is 3. The van der Waals surface area contributed by atoms with Crippen molar-refractivity contribution in [1.29, 1.82) is 0 Å². The number of phenols is 1. The van der Waals surface area contributed by atoms with Crippen LogP contribution in [0.15, 0.2) is 41.5 Å². The van der Waals surface area contributed by atoms with Crippen molar-refractivity contribution in [3.8, 4) is 5.75 Å². The first kappa shape index (κ1) is 19.7. The normalized spacial score (nSPS) is 11.6. The monoisotopic (exact) mass is 427 g/mol. The summed E-state index contributed by atoms with van der Waals surface area (Å²) < 4.78 is 2.06. The summed E-state index contributed by atoms with van der Waals surface area (Å²) in [7, 11) is 2.02. The molecule has 1 N–H and O–H groups in total. The molecule has 0 unspecified atom stereocenters. The Hall–Kier alpha value is -1.34. The maximum atomic E-state index is 10.0. The standard InChI is InChI=1S/C18H25N3O.HI/c1-5-21(6-2)13-15-12-16(7-8-18(15)22)19-17-9-10-20(4)14(3)11-17;/h7-12,22H,5-6,13H2,1-4H3;1H. The third-order valence-electron chi connectivity index (χ3n) is 3.99. The van der Waals surface area contributed by atoms with E-state index in [2.05, 4.69) is 41.3 Å². The van der Waals surface area contributed by atoms with Gasteiger partial charge in [-0.2, -0.15) is 0 Å². The van der Waals surface area contributed by atoms with Crippen molar-refractivity contribution >= 4 is 29.7 Å². The molecule has 4 nitrogen and oxygen atoms in total. The fraction of sp³-hybridized carbons (Fsp3) is 0.389. The van der Waals surface area contributed by atoms with Crippen LogP contribution in [0.2, 0.25) is 0 Å². The molecule has 0 aliphatic heterocycles. The van der Waals surface area contributed by atoms with Gasteiger partial charge in [-0.15, -0.1) is 24.0 Å². The zero-order valence-corrected chi connectivity index (χ0v) is 16.6. The number of hydrogen-bond donors (Lipinski definition) is 1. The Morgan fingerprint density at radius 2 is 1.83 bits per heavy atom. The minimum atomic E-state index is 0. The molecule has 1 aromatic carbocycles. The SMILES string of the molecule is CCN(CC)Cc1cc(N=c2ccn(C)c(C)c2)ccc1O.I. The van der Waals surface area contributed by atoms with E-state index in [0.717, 1.165) is 41.9 Å². The van der Waals surface area contributed by atoms with E-state index in [1.807, 2.05) is 31.4 Å². The molecular formula is C18H26IN3O. The molecule has 2 rings (SSSR count). The third kappa shape index (κ3) is 5.35. The van der Waals surface area contributed by atoms with Gasteiger partial charge in [-0.25, -0.2) is 4.99 Å². The second-order valence-corrected chi connectivity index (χ2v) is 5.52. The van der Waals surface area contributed by atoms with Gasteiger partial charge in [0.15, 0.2) is 0 Å². The smallest absolute Gasteiger partial charge is 0.120 e. The van der Waals surface area contributed by atoms with Gasteiger partial charge in [-0.05, 0) is 50.3 Å². The van der Waals surface area contributed by atoms with Crippen molar-refractivity contribution in [3.05, 3.63) is 53.1 Å². The van der Waals surface area contributed by atoms with Crippen LogP contribution < -0.4 is 5.36 Å². The molecule has 0 saturated carbocycles. The molecular weight excluding hydrogens is 401 g/mol. The number of halogens is 1. The molecule has 0 fully saturated rings. The van der Waals surface area contributed by atoms with Crippen molar-refractivity contribution in [2.75, 3.05) is 13.1 Å². The number of benzene rings is 1. The predicted octanol–water partition coefficient (Wildman–Crippen LogP) is 3.73. The van der Waals surface area contributed by atoms with Gasteiger partial charge < -0.3 is 9.67 Å². The Bertz CT molecular complexity index is 706. The molecule has 126 valence electrons. The zero-order valence-electron chi connectivity index (χ0n) is 14.3. The van der Waals surface area contributed by atoms with E-state index in [1.54, 1.807) is 6.07 Å². The van der Waals surface area contributed by atoms with Gasteiger partial charge >= 0.3 is 0 Å². The summed E-state index contributed by atoms with van der Waals surface area (Å²) in [6, 6.07) is 9.59. The Kier molecular flexibility index (Phi) is 7.78. The maximum Gasteiger partial charge on any atom is 0.120 e. The number of aromatic nitrogens is 1. The van der Waals surface area contributed by atoms with Crippen molar-refractivity contribution in [3.63, 3.8) is 0 Å². The van der Waals surface area contributed by atoms with Gasteiger partial charge in [0.1, 0.15) is 5.75 Å². The van der Waals surface area contributed by atoms with E-state index < -0.39 is 0 Å². The Morgan fingerprint density at radius 1 is 1.13 bits per heavy atom. The zero-order chi connectivity index (χ0) is 16.1. The molecule has 2 aromatic rings. The van der Waals surface area contributed by atoms with Crippen LogP contribution in [-0.2, 0) is 13.6 Å². The summed E-state index contributed by atoms with van der Waals surface area (Å²) in [5.41, 5.74) is 2.94. The van der Waals surface area contributed by atoms with Gasteiger partial charge in [0.2, 0.25) is 0 Å². The molecule has 0 radical (unpaired) electrons. The number of phenolic OH excluding ortho intramolecular Hbond substituents is 1. The fourth-order valence-corrected chi connectivity index (χ4v) is 2.34. The summed E-state index contributed by atoms with van der Waals surface area (Å²) in [4.78, 5) is 6.93. The molecule has 0 spiro atoms. The first-order chi connectivity index (χ1) is 10.5. The van der Waals surface area contributed by atoms with Crippen LogP contribution in [0.25, 0.3) is 0 Å². The molecule has 0 saturated heterocycles. The van der Waals surface area contributed by atoms with Gasteiger partial charge in [0, 0.05) is 31.0 Å². The van der Waals surface area contributed by atoms with E-state index >= 15 is 0 Å². The molecule has 0 bridgehead atoms. The average molecular weight is 427 g/mol. The predicted molar refractivity (Wildman–Crippen MR) is 106 cm³/mol. The van der Waals surface area contributed by atoms with Crippen LogP contribution in [0.5, 0.6) is 5.75 Å². The number of aromatic hydroxyl groups is 1. The van der Waals surface area contributed by atoms with Crippen molar-refractivity contribution in [2.24, 2.45) is 12.0 Å². The summed E-state index contributed by atoms with van der Waals surface area (Å²) in [5.74, 6) is 0.335. The van der Waals surface area contributed by atoms with Gasteiger partial charge in [0.25, 0.3) is 0 Å². The summed E-state index contributed by atoms with van der Waals surface area (Å²) in [6.45, 7) is 8.98. The Balaban J connectivity index is 0.00000264. The second-order valence-electron chi connectivity index (χ2n) is 5.52. The number of pyridine rings is 1. The number of rotatable bonds is 5. The first-order valence-corrected chi connectivity index (χ1v) is 7.75. The number of aryl methyl sites for hydroxylation is 2. The highest BCUT2D eigenvalue weighted by molar-refractivity contribution is 14.0. The molecule has 1 heterocycles. The lowest BCUT2D eigenvalue weighted by atomic mass is 10.1. The lowest BCUT2D eigenvalue weighted by molar-refractivity contribution is 0.291. The molecule has 23 heavy (non-hydrogen) atoms. The lowest BCUT2D eigenvalue weighted by Gasteiger charge is -2.18. The minimum absolute atomic E-state index is 0. The molecule has 1 aromatic heterocycles. The highest BCUT2D eigenvalue weighted by atomic mass is 127. The van der Waals surface area contributed by atoms with E-state index in [9.17, 15) is 5.11 Å². The first-order valence-electron chi connectivity index (χ1n) is 7.75. The highest BCUT2D eigenvalue weighted by Gasteiger charge is 2.06. The molecule has 0 aliphatic rings. The lowest BCUT2D eigenvalue weighted by Crippen LogP contribution is -2.22. The van der Waals surface area contributed by atoms with Crippen LogP contribution >= 0.6 is 24.0 Å². The molecule has 0 atom stereocenters. The quantitative estimate of drug-likeness (QED) is 0.739. The Labute approximate surface area is 155 Å². The van der Waals surface area contributed by atoms with E-state index in [1.165, 1.54) is 0 Å². The van der Waals surface area contributed by atoms with Gasteiger partial charge in [-0.1, -0.05) is 13.8 Å². The minimum Gasteiger partial charge on any atom is -0.508 e. The third-order valence-corrected chi connectivity index (χ3v) is 3.99. The van der Waals surface area contributed by atoms with Crippen LogP contribution in [-0.4, -0.2) is 27.7 Å². The fourth-order valence-electron chi connectivity index (χ4n) is 2.34. The number of hydrogen-bond acceptors (Lipinski definition) is 3. The molecule has 0 aliphatic carbocycles. The second kappa shape index (κ2) is 9.08. The van der Waals surface area contributed by atoms with Gasteiger partial charge in [-0.3, -0.25) is 4.90 Å².